The SMILES string of the molecule is O=C(CCc1nc(-c2ccncc2)no1)Nc1cc2c(cc1Cl)OCCCO2. The maximum Gasteiger partial charge on any atom is 0.227 e. The largest absolute Gasteiger partial charge is 0.490 e. The van der Waals surface area contributed by atoms with Crippen molar-refractivity contribution in [3.05, 3.63) is 47.6 Å². The first-order chi connectivity index (χ1) is 13.7. The van der Waals surface area contributed by atoms with E-state index >= 15 is 0 Å². The highest BCUT2D eigenvalue weighted by molar-refractivity contribution is 6.34. The Labute approximate surface area is 165 Å². The fraction of sp³-hybridized carbons (Fsp3) is 0.263. The maximum absolute atomic E-state index is 12.3. The van der Waals surface area contributed by atoms with Crippen molar-refractivity contribution in [3.8, 4) is 22.9 Å². The summed E-state index contributed by atoms with van der Waals surface area (Å²) in [4.78, 5) is 20.6. The highest BCUT2D eigenvalue weighted by atomic mass is 35.5. The summed E-state index contributed by atoms with van der Waals surface area (Å²) in [6.45, 7) is 1.12. The lowest BCUT2D eigenvalue weighted by molar-refractivity contribution is -0.116. The van der Waals surface area contributed by atoms with Crippen LogP contribution in [0.25, 0.3) is 11.4 Å². The molecule has 0 bridgehead atoms. The van der Waals surface area contributed by atoms with Crippen molar-refractivity contribution >= 4 is 23.2 Å². The van der Waals surface area contributed by atoms with E-state index in [2.05, 4.69) is 20.4 Å². The Morgan fingerprint density at radius 1 is 1.14 bits per heavy atom. The fourth-order valence-corrected chi connectivity index (χ4v) is 2.89. The summed E-state index contributed by atoms with van der Waals surface area (Å²) < 4.78 is 16.4. The Morgan fingerprint density at radius 2 is 1.89 bits per heavy atom. The minimum Gasteiger partial charge on any atom is -0.490 e. The average Bonchev–Trinajstić information content (AvgIpc) is 3.07. The summed E-state index contributed by atoms with van der Waals surface area (Å²) in [5.41, 5.74) is 1.27. The molecular weight excluding hydrogens is 384 g/mol. The van der Waals surface area contributed by atoms with E-state index < -0.39 is 0 Å². The molecule has 0 aliphatic carbocycles. The summed E-state index contributed by atoms with van der Waals surface area (Å²) in [6.07, 6.45) is 4.57. The molecule has 0 spiro atoms. The van der Waals surface area contributed by atoms with Crippen LogP contribution < -0.4 is 14.8 Å². The van der Waals surface area contributed by atoms with Crippen molar-refractivity contribution in [2.45, 2.75) is 19.3 Å². The predicted octanol–water partition coefficient (Wildman–Crippen LogP) is 3.52. The number of anilines is 1. The van der Waals surface area contributed by atoms with E-state index in [-0.39, 0.29) is 12.3 Å². The Kier molecular flexibility index (Phi) is 5.38. The zero-order chi connectivity index (χ0) is 19.3. The van der Waals surface area contributed by atoms with Gasteiger partial charge >= 0.3 is 0 Å². The molecule has 0 radical (unpaired) electrons. The molecule has 0 atom stereocenters. The number of hydrogen-bond donors (Lipinski definition) is 1. The van der Waals surface area contributed by atoms with Gasteiger partial charge in [0.1, 0.15) is 0 Å². The van der Waals surface area contributed by atoms with Gasteiger partial charge in [0.05, 0.1) is 23.9 Å². The van der Waals surface area contributed by atoms with Crippen molar-refractivity contribution in [1.82, 2.24) is 15.1 Å². The molecule has 1 aliphatic rings. The number of halogens is 1. The van der Waals surface area contributed by atoms with Crippen LogP contribution in [-0.4, -0.2) is 34.2 Å². The first-order valence-corrected chi connectivity index (χ1v) is 9.19. The van der Waals surface area contributed by atoms with Crippen LogP contribution in [0.15, 0.2) is 41.2 Å². The first-order valence-electron chi connectivity index (χ1n) is 8.81. The van der Waals surface area contributed by atoms with Gasteiger partial charge in [-0.3, -0.25) is 9.78 Å². The molecule has 1 amide bonds. The number of fused-ring (bicyclic) bond motifs is 1. The van der Waals surface area contributed by atoms with E-state index in [4.69, 9.17) is 25.6 Å². The van der Waals surface area contributed by atoms with E-state index in [0.29, 0.717) is 53.6 Å². The Bertz CT molecular complexity index is 977. The van der Waals surface area contributed by atoms with Gasteiger partial charge < -0.3 is 19.3 Å². The van der Waals surface area contributed by atoms with Gasteiger partial charge in [0.2, 0.25) is 17.6 Å². The third kappa shape index (κ3) is 4.23. The Hall–Kier alpha value is -3.13. The number of nitrogens with zero attached hydrogens (tertiary/aromatic N) is 3. The number of hydrogen-bond acceptors (Lipinski definition) is 7. The van der Waals surface area contributed by atoms with Gasteiger partial charge in [0.25, 0.3) is 0 Å². The van der Waals surface area contributed by atoms with Gasteiger partial charge in [-0.15, -0.1) is 0 Å². The van der Waals surface area contributed by atoms with Gasteiger partial charge in [-0.05, 0) is 12.1 Å². The van der Waals surface area contributed by atoms with Crippen molar-refractivity contribution in [3.63, 3.8) is 0 Å². The summed E-state index contributed by atoms with van der Waals surface area (Å²) in [5, 5.41) is 7.09. The van der Waals surface area contributed by atoms with Crippen LogP contribution in [0.3, 0.4) is 0 Å². The molecule has 1 aromatic carbocycles. The smallest absolute Gasteiger partial charge is 0.227 e. The van der Waals surface area contributed by atoms with Gasteiger partial charge in [0.15, 0.2) is 11.5 Å². The molecule has 0 unspecified atom stereocenters. The van der Waals surface area contributed by atoms with Crippen molar-refractivity contribution in [2.24, 2.45) is 0 Å². The minimum atomic E-state index is -0.222. The molecule has 4 rings (SSSR count). The van der Waals surface area contributed by atoms with Crippen molar-refractivity contribution in [2.75, 3.05) is 18.5 Å². The minimum absolute atomic E-state index is 0.169. The first kappa shape index (κ1) is 18.2. The topological polar surface area (TPSA) is 99.4 Å². The highest BCUT2D eigenvalue weighted by Crippen LogP contribution is 2.37. The second-order valence-electron chi connectivity index (χ2n) is 6.13. The third-order valence-electron chi connectivity index (χ3n) is 4.08. The molecule has 3 aromatic rings. The second-order valence-corrected chi connectivity index (χ2v) is 6.53. The zero-order valence-corrected chi connectivity index (χ0v) is 15.6. The number of pyridine rings is 1. The third-order valence-corrected chi connectivity index (χ3v) is 4.40. The number of benzene rings is 1. The fourth-order valence-electron chi connectivity index (χ4n) is 2.69. The normalized spacial score (nSPS) is 13.0. The molecule has 144 valence electrons. The monoisotopic (exact) mass is 400 g/mol. The van der Waals surface area contributed by atoms with Gasteiger partial charge in [-0.2, -0.15) is 4.98 Å². The average molecular weight is 401 g/mol. The summed E-state index contributed by atoms with van der Waals surface area (Å²) in [6, 6.07) is 6.90. The van der Waals surface area contributed by atoms with Crippen LogP contribution in [0.5, 0.6) is 11.5 Å². The molecule has 0 saturated carbocycles. The molecule has 1 N–H and O–H groups in total. The number of aromatic nitrogens is 3. The van der Waals surface area contributed by atoms with Crippen LogP contribution in [-0.2, 0) is 11.2 Å². The quantitative estimate of drug-likeness (QED) is 0.699. The lowest BCUT2D eigenvalue weighted by Gasteiger charge is -2.12. The van der Waals surface area contributed by atoms with Crippen LogP contribution in [0.1, 0.15) is 18.7 Å². The van der Waals surface area contributed by atoms with Crippen molar-refractivity contribution < 1.29 is 18.8 Å². The van der Waals surface area contributed by atoms with Crippen molar-refractivity contribution in [1.29, 1.82) is 0 Å². The van der Waals surface area contributed by atoms with E-state index in [1.165, 1.54) is 0 Å². The van der Waals surface area contributed by atoms with Gasteiger partial charge in [-0.1, -0.05) is 16.8 Å². The molecule has 9 heteroatoms. The summed E-state index contributed by atoms with van der Waals surface area (Å²) >= 11 is 6.25. The number of amides is 1. The molecule has 2 aromatic heterocycles. The molecule has 3 heterocycles. The number of rotatable bonds is 5. The number of carbonyl (C=O) groups excluding carboxylic acids is 1. The number of carbonyl (C=O) groups is 1. The van der Waals surface area contributed by atoms with E-state index in [9.17, 15) is 4.79 Å². The van der Waals surface area contributed by atoms with E-state index in [1.807, 2.05) is 0 Å². The molecule has 0 fully saturated rings. The molecule has 8 nitrogen and oxygen atoms in total. The van der Waals surface area contributed by atoms with E-state index in [1.54, 1.807) is 36.7 Å². The number of ether oxygens (including phenoxy) is 2. The Morgan fingerprint density at radius 3 is 2.68 bits per heavy atom. The number of aryl methyl sites for hydroxylation is 1. The molecular formula is C19H17ClN4O4. The predicted molar refractivity (Wildman–Crippen MR) is 102 cm³/mol. The summed E-state index contributed by atoms with van der Waals surface area (Å²) in [7, 11) is 0. The van der Waals surface area contributed by atoms with Crippen LogP contribution in [0.2, 0.25) is 5.02 Å². The van der Waals surface area contributed by atoms with Crippen LogP contribution in [0.4, 0.5) is 5.69 Å². The number of nitrogens with one attached hydrogen (secondary N) is 1. The molecule has 28 heavy (non-hydrogen) atoms. The molecule has 1 aliphatic heterocycles. The maximum atomic E-state index is 12.3. The van der Waals surface area contributed by atoms with Gasteiger partial charge in [0, 0.05) is 49.4 Å². The lowest BCUT2D eigenvalue weighted by Crippen LogP contribution is -2.13. The summed E-state index contributed by atoms with van der Waals surface area (Å²) in [5.74, 6) is 1.77. The standard InChI is InChI=1S/C19H17ClN4O4/c20-13-10-15-16(27-9-1-8-26-15)11-14(13)22-17(25)2-3-18-23-19(24-28-18)12-4-6-21-7-5-12/h4-7,10-11H,1-3,8-9H2,(H,22,25). The van der Waals surface area contributed by atoms with Crippen LogP contribution >= 0.6 is 11.6 Å². The van der Waals surface area contributed by atoms with Gasteiger partial charge in [-0.25, -0.2) is 0 Å². The second kappa shape index (κ2) is 8.26. The van der Waals surface area contributed by atoms with E-state index in [0.717, 1.165) is 12.0 Å². The Balaban J connectivity index is 1.37. The van der Waals surface area contributed by atoms with Crippen LogP contribution in [0, 0.1) is 0 Å². The lowest BCUT2D eigenvalue weighted by atomic mass is 10.2. The zero-order valence-electron chi connectivity index (χ0n) is 14.9. The highest BCUT2D eigenvalue weighted by Gasteiger charge is 2.16. The molecule has 0 saturated heterocycles.